The van der Waals surface area contributed by atoms with Crippen LogP contribution in [0.25, 0.3) is 0 Å². The van der Waals surface area contributed by atoms with Crippen molar-refractivity contribution in [3.05, 3.63) is 0 Å². The number of hydrogen-bond acceptors (Lipinski definition) is 3. The third-order valence-corrected chi connectivity index (χ3v) is 2.05. The van der Waals surface area contributed by atoms with E-state index in [-0.39, 0.29) is 25.2 Å². The molecule has 0 saturated carbocycles. The van der Waals surface area contributed by atoms with Gasteiger partial charge in [-0.1, -0.05) is 14.4 Å². The lowest BCUT2D eigenvalue weighted by Gasteiger charge is -2.13. The molecule has 0 aromatic rings. The monoisotopic (exact) mass is 186 g/mol. The zero-order valence-corrected chi connectivity index (χ0v) is 7.46. The second-order valence-corrected chi connectivity index (χ2v) is 3.09. The number of likely N-dealkylation sites (N-methyl/N-ethyl adjacent to an activating group) is 1. The highest BCUT2D eigenvalue weighted by Crippen LogP contribution is 2.17. The van der Waals surface area contributed by atoms with Crippen molar-refractivity contribution in [1.29, 1.82) is 0 Å². The first-order valence-corrected chi connectivity index (χ1v) is 4.15. The van der Waals surface area contributed by atoms with Gasteiger partial charge in [0.1, 0.15) is 0 Å². The van der Waals surface area contributed by atoms with Gasteiger partial charge in [-0.3, -0.25) is 14.5 Å². The summed E-state index contributed by atoms with van der Waals surface area (Å²) in [6, 6.07) is 0. The Kier molecular flexibility index (Phi) is 4.62. The van der Waals surface area contributed by atoms with Gasteiger partial charge in [0.15, 0.2) is 0 Å². The number of imide groups is 1. The van der Waals surface area contributed by atoms with Crippen LogP contribution in [0.5, 0.6) is 0 Å². The van der Waals surface area contributed by atoms with E-state index in [0.717, 1.165) is 0 Å². The summed E-state index contributed by atoms with van der Waals surface area (Å²) in [7, 11) is 1.80. The summed E-state index contributed by atoms with van der Waals surface area (Å²) in [5.41, 5.74) is 0. The Bertz CT molecular complexity index is 204. The molecule has 1 aliphatic heterocycles. The molecule has 0 aromatic heterocycles. The Morgan fingerprint density at radius 2 is 2.15 bits per heavy atom. The smallest absolute Gasteiger partial charge is 0.232 e. The van der Waals surface area contributed by atoms with Gasteiger partial charge >= 0.3 is 0 Å². The zero-order chi connectivity index (χ0) is 9.14. The predicted molar refractivity (Wildman–Crippen MR) is 51.2 cm³/mol. The molecule has 76 valence electrons. The SMILES string of the molecule is C.CNCCN1C(=O)CC(C)C1=O. The van der Waals surface area contributed by atoms with Gasteiger partial charge in [0, 0.05) is 25.4 Å². The number of rotatable bonds is 3. The van der Waals surface area contributed by atoms with E-state index >= 15 is 0 Å². The molecule has 4 heteroatoms. The van der Waals surface area contributed by atoms with Crippen LogP contribution in [0.3, 0.4) is 0 Å². The molecule has 0 bridgehead atoms. The third-order valence-electron chi connectivity index (χ3n) is 2.05. The van der Waals surface area contributed by atoms with Gasteiger partial charge in [0.05, 0.1) is 0 Å². The van der Waals surface area contributed by atoms with Crippen molar-refractivity contribution < 1.29 is 9.59 Å². The molecule has 1 saturated heterocycles. The first-order chi connectivity index (χ1) is 5.66. The van der Waals surface area contributed by atoms with Gasteiger partial charge in [-0.2, -0.15) is 0 Å². The molecule has 1 atom stereocenters. The topological polar surface area (TPSA) is 49.4 Å². The van der Waals surface area contributed by atoms with E-state index in [2.05, 4.69) is 5.32 Å². The van der Waals surface area contributed by atoms with Crippen LogP contribution in [-0.2, 0) is 9.59 Å². The zero-order valence-electron chi connectivity index (χ0n) is 7.46. The van der Waals surface area contributed by atoms with Crippen LogP contribution in [0.1, 0.15) is 20.8 Å². The van der Waals surface area contributed by atoms with Crippen molar-refractivity contribution in [1.82, 2.24) is 10.2 Å². The Hall–Kier alpha value is -0.900. The third kappa shape index (κ3) is 2.52. The van der Waals surface area contributed by atoms with Crippen LogP contribution in [-0.4, -0.2) is 36.9 Å². The van der Waals surface area contributed by atoms with E-state index in [1.807, 2.05) is 0 Å². The van der Waals surface area contributed by atoms with Crippen LogP contribution in [0.15, 0.2) is 0 Å². The van der Waals surface area contributed by atoms with E-state index in [1.54, 1.807) is 14.0 Å². The highest BCUT2D eigenvalue weighted by molar-refractivity contribution is 6.03. The average molecular weight is 186 g/mol. The van der Waals surface area contributed by atoms with E-state index in [0.29, 0.717) is 19.5 Å². The lowest BCUT2D eigenvalue weighted by Crippen LogP contribution is -2.35. The Morgan fingerprint density at radius 3 is 2.54 bits per heavy atom. The fraction of sp³-hybridized carbons (Fsp3) is 0.778. The van der Waals surface area contributed by atoms with Gasteiger partial charge in [0.25, 0.3) is 0 Å². The molecule has 1 heterocycles. The van der Waals surface area contributed by atoms with Gasteiger partial charge in [0.2, 0.25) is 11.8 Å². The maximum absolute atomic E-state index is 11.3. The summed E-state index contributed by atoms with van der Waals surface area (Å²) in [6.07, 6.45) is 0.378. The molecule has 1 rings (SSSR count). The van der Waals surface area contributed by atoms with Gasteiger partial charge in [-0.15, -0.1) is 0 Å². The highest BCUT2D eigenvalue weighted by atomic mass is 16.2. The van der Waals surface area contributed by atoms with E-state index in [1.165, 1.54) is 4.90 Å². The van der Waals surface area contributed by atoms with E-state index in [9.17, 15) is 9.59 Å². The molecular weight excluding hydrogens is 168 g/mol. The molecule has 1 N–H and O–H groups in total. The summed E-state index contributed by atoms with van der Waals surface area (Å²) in [5, 5.41) is 2.90. The minimum Gasteiger partial charge on any atom is -0.318 e. The summed E-state index contributed by atoms with van der Waals surface area (Å²) in [4.78, 5) is 23.8. The predicted octanol–water partition coefficient (Wildman–Crippen LogP) is 0.237. The van der Waals surface area contributed by atoms with Crippen molar-refractivity contribution in [2.75, 3.05) is 20.1 Å². The Balaban J connectivity index is 0.00000144. The maximum atomic E-state index is 11.3. The molecule has 0 aliphatic carbocycles. The number of hydrogen-bond donors (Lipinski definition) is 1. The molecule has 0 spiro atoms. The van der Waals surface area contributed by atoms with Crippen LogP contribution >= 0.6 is 0 Å². The number of carbonyl (C=O) groups is 2. The van der Waals surface area contributed by atoms with Crippen LogP contribution in [0, 0.1) is 5.92 Å². The number of nitrogens with one attached hydrogen (secondary N) is 1. The first-order valence-electron chi connectivity index (χ1n) is 4.15. The highest BCUT2D eigenvalue weighted by Gasteiger charge is 2.34. The quantitative estimate of drug-likeness (QED) is 0.642. The molecule has 13 heavy (non-hydrogen) atoms. The summed E-state index contributed by atoms with van der Waals surface area (Å²) in [5.74, 6) is -0.188. The average Bonchev–Trinajstić information content (AvgIpc) is 2.25. The number of amides is 2. The van der Waals surface area contributed by atoms with Crippen molar-refractivity contribution in [3.63, 3.8) is 0 Å². The second kappa shape index (κ2) is 4.97. The van der Waals surface area contributed by atoms with Crippen molar-refractivity contribution in [2.45, 2.75) is 20.8 Å². The molecule has 1 fully saturated rings. The molecule has 2 amide bonds. The van der Waals surface area contributed by atoms with Crippen LogP contribution in [0.2, 0.25) is 0 Å². The molecular formula is C9H18N2O2. The summed E-state index contributed by atoms with van der Waals surface area (Å²) < 4.78 is 0. The van der Waals surface area contributed by atoms with Gasteiger partial charge in [-0.25, -0.2) is 0 Å². The Labute approximate surface area is 79.3 Å². The largest absolute Gasteiger partial charge is 0.318 e. The van der Waals surface area contributed by atoms with Crippen molar-refractivity contribution in [2.24, 2.45) is 5.92 Å². The van der Waals surface area contributed by atoms with Crippen LogP contribution in [0.4, 0.5) is 0 Å². The normalized spacial score (nSPS) is 22.0. The standard InChI is InChI=1S/C8H14N2O2.CH4/c1-6-5-7(11)10(8(6)12)4-3-9-2;/h6,9H,3-5H2,1-2H3;1H4. The van der Waals surface area contributed by atoms with E-state index < -0.39 is 0 Å². The lowest BCUT2D eigenvalue weighted by atomic mass is 10.1. The summed E-state index contributed by atoms with van der Waals surface area (Å²) in [6.45, 7) is 2.96. The maximum Gasteiger partial charge on any atom is 0.232 e. The molecule has 0 aromatic carbocycles. The second-order valence-electron chi connectivity index (χ2n) is 3.09. The minimum absolute atomic E-state index is 0. The number of likely N-dealkylation sites (tertiary alicyclic amines) is 1. The van der Waals surface area contributed by atoms with E-state index in [4.69, 9.17) is 0 Å². The fourth-order valence-corrected chi connectivity index (χ4v) is 1.31. The minimum atomic E-state index is -0.116. The molecule has 1 aliphatic rings. The fourth-order valence-electron chi connectivity index (χ4n) is 1.31. The Morgan fingerprint density at radius 1 is 1.54 bits per heavy atom. The molecule has 4 nitrogen and oxygen atoms in total. The lowest BCUT2D eigenvalue weighted by molar-refractivity contribution is -0.139. The summed E-state index contributed by atoms with van der Waals surface area (Å²) >= 11 is 0. The number of carbonyl (C=O) groups excluding carboxylic acids is 2. The molecule has 1 unspecified atom stereocenters. The van der Waals surface area contributed by atoms with Crippen molar-refractivity contribution in [3.8, 4) is 0 Å². The van der Waals surface area contributed by atoms with Gasteiger partial charge in [-0.05, 0) is 7.05 Å². The van der Waals surface area contributed by atoms with Crippen molar-refractivity contribution >= 4 is 11.8 Å². The van der Waals surface area contributed by atoms with Gasteiger partial charge < -0.3 is 5.32 Å². The first kappa shape index (κ1) is 12.1. The molecule has 0 radical (unpaired) electrons. The number of nitrogens with zero attached hydrogens (tertiary/aromatic N) is 1. The van der Waals surface area contributed by atoms with Crippen LogP contribution < -0.4 is 5.32 Å².